The summed E-state index contributed by atoms with van der Waals surface area (Å²) in [6.07, 6.45) is 3.10. The van der Waals surface area contributed by atoms with E-state index < -0.39 is 10.0 Å². The Hall–Kier alpha value is -1.21. The molecule has 0 radical (unpaired) electrons. The van der Waals surface area contributed by atoms with Crippen LogP contribution >= 0.6 is 11.6 Å². The molecule has 7 heteroatoms. The summed E-state index contributed by atoms with van der Waals surface area (Å²) >= 11 is 6.19. The van der Waals surface area contributed by atoms with E-state index in [9.17, 15) is 8.42 Å². The van der Waals surface area contributed by atoms with Crippen LogP contribution in [0.15, 0.2) is 35.5 Å². The van der Waals surface area contributed by atoms with Crippen molar-refractivity contribution < 1.29 is 8.42 Å². The lowest BCUT2D eigenvalue weighted by atomic mass is 10.2. The van der Waals surface area contributed by atoms with Crippen molar-refractivity contribution in [2.45, 2.75) is 17.9 Å². The van der Waals surface area contributed by atoms with Gasteiger partial charge in [-0.1, -0.05) is 23.7 Å². The normalized spacial score (nSPS) is 20.8. The highest BCUT2D eigenvalue weighted by Gasteiger charge is 2.32. The van der Waals surface area contributed by atoms with Crippen LogP contribution < -0.4 is 5.32 Å². The summed E-state index contributed by atoms with van der Waals surface area (Å²) in [5, 5.41) is 4.82. The second-order valence-corrected chi connectivity index (χ2v) is 7.41. The van der Waals surface area contributed by atoms with Gasteiger partial charge in [-0.25, -0.2) is 8.42 Å². The minimum absolute atomic E-state index is 0.0837. The standard InChI is InChI=1S/C14H16ClN3O2S/c1-10-7-16-5-6-18(10)21(19,20)13-4-2-3-11-8-17-9-12(15)14(11)13/h2-4,8-10,16H,5-7H2,1H3. The van der Waals surface area contributed by atoms with Crippen molar-refractivity contribution in [3.8, 4) is 0 Å². The molecule has 1 unspecified atom stereocenters. The predicted octanol–water partition coefficient (Wildman–Crippen LogP) is 1.87. The minimum atomic E-state index is -3.58. The van der Waals surface area contributed by atoms with E-state index in [1.807, 2.05) is 13.0 Å². The molecule has 1 atom stereocenters. The zero-order valence-electron chi connectivity index (χ0n) is 11.6. The summed E-state index contributed by atoms with van der Waals surface area (Å²) in [5.74, 6) is 0. The van der Waals surface area contributed by atoms with Gasteiger partial charge >= 0.3 is 0 Å². The molecule has 1 aliphatic rings. The molecular formula is C14H16ClN3O2S. The monoisotopic (exact) mass is 325 g/mol. The fourth-order valence-electron chi connectivity index (χ4n) is 2.68. The van der Waals surface area contributed by atoms with Crippen LogP contribution in [0.1, 0.15) is 6.92 Å². The first-order valence-corrected chi connectivity index (χ1v) is 8.58. The zero-order chi connectivity index (χ0) is 15.0. The molecule has 0 aliphatic carbocycles. The van der Waals surface area contributed by atoms with Crippen LogP contribution in [0.3, 0.4) is 0 Å². The SMILES string of the molecule is CC1CNCCN1S(=O)(=O)c1cccc2cncc(Cl)c12. The molecule has 112 valence electrons. The Morgan fingerprint density at radius 3 is 2.95 bits per heavy atom. The molecule has 1 aromatic carbocycles. The summed E-state index contributed by atoms with van der Waals surface area (Å²) < 4.78 is 27.5. The van der Waals surface area contributed by atoms with E-state index >= 15 is 0 Å². The van der Waals surface area contributed by atoms with Crippen LogP contribution in [0.4, 0.5) is 0 Å². The van der Waals surface area contributed by atoms with Gasteiger partial charge in [0, 0.05) is 48.8 Å². The Morgan fingerprint density at radius 2 is 2.19 bits per heavy atom. The maximum absolute atomic E-state index is 13.0. The fourth-order valence-corrected chi connectivity index (χ4v) is 4.87. The molecular weight excluding hydrogens is 310 g/mol. The quantitative estimate of drug-likeness (QED) is 0.915. The van der Waals surface area contributed by atoms with Gasteiger partial charge in [-0.15, -0.1) is 0 Å². The molecule has 2 heterocycles. The van der Waals surface area contributed by atoms with Gasteiger partial charge in [0.05, 0.1) is 9.92 Å². The highest BCUT2D eigenvalue weighted by molar-refractivity contribution is 7.89. The second kappa shape index (κ2) is 5.53. The topological polar surface area (TPSA) is 62.3 Å². The summed E-state index contributed by atoms with van der Waals surface area (Å²) in [7, 11) is -3.58. The van der Waals surface area contributed by atoms with E-state index in [0.717, 1.165) is 5.39 Å². The van der Waals surface area contributed by atoms with Crippen LogP contribution in [-0.2, 0) is 10.0 Å². The summed E-state index contributed by atoms with van der Waals surface area (Å²) in [6, 6.07) is 5.06. The van der Waals surface area contributed by atoms with E-state index in [1.165, 1.54) is 10.5 Å². The molecule has 0 amide bonds. The van der Waals surface area contributed by atoms with Gasteiger partial charge in [0.25, 0.3) is 0 Å². The molecule has 2 aromatic rings. The first-order valence-electron chi connectivity index (χ1n) is 6.76. The largest absolute Gasteiger partial charge is 0.314 e. The number of fused-ring (bicyclic) bond motifs is 1. The highest BCUT2D eigenvalue weighted by atomic mass is 35.5. The number of halogens is 1. The average molecular weight is 326 g/mol. The van der Waals surface area contributed by atoms with Crippen LogP contribution in [0, 0.1) is 0 Å². The molecule has 0 saturated carbocycles. The Bertz CT molecular complexity index is 774. The molecule has 0 spiro atoms. The lowest BCUT2D eigenvalue weighted by Crippen LogP contribution is -2.52. The van der Waals surface area contributed by atoms with E-state index in [4.69, 9.17) is 11.6 Å². The molecule has 1 N–H and O–H groups in total. The number of hydrogen-bond donors (Lipinski definition) is 1. The summed E-state index contributed by atoms with van der Waals surface area (Å²) in [6.45, 7) is 3.67. The van der Waals surface area contributed by atoms with Crippen molar-refractivity contribution >= 4 is 32.4 Å². The van der Waals surface area contributed by atoms with Crippen LogP contribution in [-0.4, -0.2) is 43.4 Å². The van der Waals surface area contributed by atoms with Crippen LogP contribution in [0.5, 0.6) is 0 Å². The second-order valence-electron chi connectivity index (χ2n) is 5.14. The molecule has 0 bridgehead atoms. The van der Waals surface area contributed by atoms with Crippen molar-refractivity contribution in [3.63, 3.8) is 0 Å². The number of sulfonamides is 1. The summed E-state index contributed by atoms with van der Waals surface area (Å²) in [4.78, 5) is 4.26. The first-order chi connectivity index (χ1) is 10.0. The zero-order valence-corrected chi connectivity index (χ0v) is 13.2. The van der Waals surface area contributed by atoms with Crippen molar-refractivity contribution in [3.05, 3.63) is 35.6 Å². The van der Waals surface area contributed by atoms with Gasteiger partial charge in [-0.3, -0.25) is 4.98 Å². The Balaban J connectivity index is 2.19. The number of piperazine rings is 1. The fraction of sp³-hybridized carbons (Fsp3) is 0.357. The number of benzene rings is 1. The summed E-state index contributed by atoms with van der Waals surface area (Å²) in [5.41, 5.74) is 0. The van der Waals surface area contributed by atoms with Crippen molar-refractivity contribution in [2.75, 3.05) is 19.6 Å². The van der Waals surface area contributed by atoms with Crippen molar-refractivity contribution in [2.24, 2.45) is 0 Å². The number of nitrogens with one attached hydrogen (secondary N) is 1. The number of aromatic nitrogens is 1. The number of rotatable bonds is 2. The minimum Gasteiger partial charge on any atom is -0.314 e. The smallest absolute Gasteiger partial charge is 0.244 e. The van der Waals surface area contributed by atoms with Crippen LogP contribution in [0.25, 0.3) is 10.8 Å². The lowest BCUT2D eigenvalue weighted by molar-refractivity contribution is 0.284. The molecule has 3 rings (SSSR count). The van der Waals surface area contributed by atoms with Gasteiger partial charge in [-0.2, -0.15) is 4.31 Å². The number of hydrogen-bond acceptors (Lipinski definition) is 4. The van der Waals surface area contributed by atoms with Gasteiger partial charge in [-0.05, 0) is 13.0 Å². The van der Waals surface area contributed by atoms with Crippen molar-refractivity contribution in [1.29, 1.82) is 0 Å². The van der Waals surface area contributed by atoms with E-state index in [1.54, 1.807) is 18.3 Å². The highest BCUT2D eigenvalue weighted by Crippen LogP contribution is 2.31. The maximum atomic E-state index is 13.0. The predicted molar refractivity (Wildman–Crippen MR) is 83.0 cm³/mol. The van der Waals surface area contributed by atoms with Gasteiger partial charge < -0.3 is 5.32 Å². The number of pyridine rings is 1. The molecule has 1 aliphatic heterocycles. The average Bonchev–Trinajstić information content (AvgIpc) is 2.47. The molecule has 1 aromatic heterocycles. The van der Waals surface area contributed by atoms with E-state index in [2.05, 4.69) is 10.3 Å². The van der Waals surface area contributed by atoms with E-state index in [0.29, 0.717) is 30.0 Å². The molecule has 5 nitrogen and oxygen atoms in total. The Kier molecular flexibility index (Phi) is 3.88. The van der Waals surface area contributed by atoms with Gasteiger partial charge in [0.15, 0.2) is 0 Å². The third-order valence-electron chi connectivity index (χ3n) is 3.73. The molecule has 1 saturated heterocycles. The van der Waals surface area contributed by atoms with Gasteiger partial charge in [0.1, 0.15) is 0 Å². The Labute approximate surface area is 129 Å². The first kappa shape index (κ1) is 14.7. The Morgan fingerprint density at radius 1 is 1.38 bits per heavy atom. The van der Waals surface area contributed by atoms with Crippen molar-refractivity contribution in [1.82, 2.24) is 14.6 Å². The lowest BCUT2D eigenvalue weighted by Gasteiger charge is -2.33. The maximum Gasteiger partial charge on any atom is 0.244 e. The molecule has 21 heavy (non-hydrogen) atoms. The molecule has 1 fully saturated rings. The third-order valence-corrected chi connectivity index (χ3v) is 6.07. The third kappa shape index (κ3) is 2.53. The number of nitrogens with zero attached hydrogens (tertiary/aromatic N) is 2. The van der Waals surface area contributed by atoms with E-state index in [-0.39, 0.29) is 10.9 Å². The van der Waals surface area contributed by atoms with Gasteiger partial charge in [0.2, 0.25) is 10.0 Å². The van der Waals surface area contributed by atoms with Crippen LogP contribution in [0.2, 0.25) is 5.02 Å².